The Morgan fingerprint density at radius 1 is 0.240 bits per heavy atom. The average molecular weight is 958 g/mol. The van der Waals surface area contributed by atoms with Gasteiger partial charge in [0, 0.05) is 83.5 Å². The minimum Gasteiger partial charge on any atom is -0.310 e. The topological polar surface area (TPSA) is 68.8 Å². The summed E-state index contributed by atoms with van der Waals surface area (Å²) in [5.41, 5.74) is 16.9. The maximum atomic E-state index is 9.91. The van der Waals surface area contributed by atoms with Gasteiger partial charge in [-0.2, -0.15) is 10.5 Å². The Balaban J connectivity index is 0.990. The molecule has 0 bridgehead atoms. The Kier molecular flexibility index (Phi) is 10.1. The number of anilines is 6. The number of hydrogen-bond donors (Lipinski definition) is 0. The first-order valence-electron chi connectivity index (χ1n) is 25.0. The van der Waals surface area contributed by atoms with Crippen molar-refractivity contribution in [2.24, 2.45) is 0 Å². The summed E-state index contributed by atoms with van der Waals surface area (Å²) in [6, 6.07) is 96.2. The molecule has 0 N–H and O–H groups in total. The van der Waals surface area contributed by atoms with Crippen molar-refractivity contribution in [1.82, 2.24) is 13.7 Å². The summed E-state index contributed by atoms with van der Waals surface area (Å²) in [7, 11) is 0. The molecule has 0 saturated carbocycles. The summed E-state index contributed by atoms with van der Waals surface area (Å²) >= 11 is 0. The van der Waals surface area contributed by atoms with E-state index in [-0.39, 0.29) is 0 Å². The van der Waals surface area contributed by atoms with Crippen molar-refractivity contribution in [1.29, 1.82) is 10.5 Å². The van der Waals surface area contributed by atoms with Gasteiger partial charge in [-0.3, -0.25) is 0 Å². The smallest absolute Gasteiger partial charge is 0.0991 e. The van der Waals surface area contributed by atoms with E-state index in [2.05, 4.69) is 248 Å². The van der Waals surface area contributed by atoms with Crippen LogP contribution in [0.4, 0.5) is 34.1 Å². The normalized spacial score (nSPS) is 11.4. The molecule has 0 aliphatic rings. The highest BCUT2D eigenvalue weighted by atomic mass is 15.2. The first kappa shape index (κ1) is 43.2. The summed E-state index contributed by atoms with van der Waals surface area (Å²) in [6.07, 6.45) is 0. The highest BCUT2D eigenvalue weighted by molar-refractivity contribution is 6.14. The molecule has 14 rings (SSSR count). The van der Waals surface area contributed by atoms with Crippen molar-refractivity contribution in [2.75, 3.05) is 9.80 Å². The fourth-order valence-electron chi connectivity index (χ4n) is 11.3. The predicted octanol–water partition coefficient (Wildman–Crippen LogP) is 17.7. The molecule has 0 radical (unpaired) electrons. The van der Waals surface area contributed by atoms with Crippen molar-refractivity contribution in [3.63, 3.8) is 0 Å². The third-order valence-electron chi connectivity index (χ3n) is 14.6. The lowest BCUT2D eigenvalue weighted by molar-refractivity contribution is 1.18. The molecule has 7 heteroatoms. The van der Waals surface area contributed by atoms with Gasteiger partial charge in [0.25, 0.3) is 0 Å². The Morgan fingerprint density at radius 2 is 0.493 bits per heavy atom. The summed E-state index contributed by atoms with van der Waals surface area (Å²) in [6.45, 7) is 0. The molecule has 0 aliphatic carbocycles. The van der Waals surface area contributed by atoms with E-state index in [0.29, 0.717) is 11.1 Å². The zero-order valence-electron chi connectivity index (χ0n) is 40.5. The number of nitriles is 2. The Labute approximate surface area is 432 Å². The van der Waals surface area contributed by atoms with E-state index >= 15 is 0 Å². The second-order valence-corrected chi connectivity index (χ2v) is 18.8. The number of fused-ring (bicyclic) bond motifs is 9. The van der Waals surface area contributed by atoms with Crippen molar-refractivity contribution >= 4 is 99.5 Å². The van der Waals surface area contributed by atoms with Crippen molar-refractivity contribution in [3.8, 4) is 29.2 Å². The molecule has 0 amide bonds. The standard InChI is InChI=1S/C68H43N7/c69-44-46-24-28-51(29-25-46)71(53-32-36-65-59(40-53)57-20-10-12-22-63(57)73(65)48-14-4-1-5-15-48)55-34-38-67-61(42-55)62-43-56(35-39-68(62)75(67)50-18-8-3-9-19-50)72(52-30-26-47(45-70)27-31-52)54-33-37-66-60(41-54)58-21-11-13-23-64(58)74(66)49-16-6-2-7-17-49/h1-43H. The quantitative estimate of drug-likeness (QED) is 0.145. The van der Waals surface area contributed by atoms with Crippen LogP contribution in [0.1, 0.15) is 11.1 Å². The molecule has 11 aromatic carbocycles. The zero-order chi connectivity index (χ0) is 50.0. The summed E-state index contributed by atoms with van der Waals surface area (Å²) < 4.78 is 7.03. The van der Waals surface area contributed by atoms with Gasteiger partial charge in [0.1, 0.15) is 0 Å². The SMILES string of the molecule is N#Cc1ccc(N(c2ccc3c(c2)c2ccccc2n3-c2ccccc2)c2ccc3c(c2)c2cc(N(c4ccc(C#N)cc4)c4ccc5c(c4)c4ccccc4n5-c4ccccc4)ccc2n3-c2ccccc2)cc1. The lowest BCUT2D eigenvalue weighted by atomic mass is 10.1. The fourth-order valence-corrected chi connectivity index (χ4v) is 11.3. The second kappa shape index (κ2) is 17.6. The first-order valence-corrected chi connectivity index (χ1v) is 25.0. The molecule has 3 heterocycles. The van der Waals surface area contributed by atoms with Crippen LogP contribution in [0.2, 0.25) is 0 Å². The largest absolute Gasteiger partial charge is 0.310 e. The average Bonchev–Trinajstić information content (AvgIpc) is 4.14. The molecule has 350 valence electrons. The first-order chi connectivity index (χ1) is 37.1. The Hall–Kier alpha value is -10.6. The number of para-hydroxylation sites is 5. The van der Waals surface area contributed by atoms with Crippen LogP contribution < -0.4 is 9.80 Å². The molecule has 14 aromatic rings. The maximum absolute atomic E-state index is 9.91. The number of nitrogens with zero attached hydrogens (tertiary/aromatic N) is 7. The van der Waals surface area contributed by atoms with E-state index in [9.17, 15) is 10.5 Å². The van der Waals surface area contributed by atoms with Gasteiger partial charge in [0.2, 0.25) is 0 Å². The summed E-state index contributed by atoms with van der Waals surface area (Å²) in [5, 5.41) is 26.6. The van der Waals surface area contributed by atoms with Gasteiger partial charge in [0.05, 0.1) is 56.4 Å². The van der Waals surface area contributed by atoms with Crippen LogP contribution in [0.15, 0.2) is 261 Å². The van der Waals surface area contributed by atoms with Crippen LogP contribution in [0.25, 0.3) is 82.5 Å². The lowest BCUT2D eigenvalue weighted by Gasteiger charge is -2.26. The van der Waals surface area contributed by atoms with E-state index < -0.39 is 0 Å². The minimum atomic E-state index is 0.599. The third-order valence-corrected chi connectivity index (χ3v) is 14.6. The van der Waals surface area contributed by atoms with Crippen molar-refractivity contribution < 1.29 is 0 Å². The molecule has 0 aliphatic heterocycles. The minimum absolute atomic E-state index is 0.599. The molecule has 0 saturated heterocycles. The van der Waals surface area contributed by atoms with Gasteiger partial charge in [-0.15, -0.1) is 0 Å². The van der Waals surface area contributed by atoms with Crippen LogP contribution in [-0.4, -0.2) is 13.7 Å². The van der Waals surface area contributed by atoms with Gasteiger partial charge < -0.3 is 23.5 Å². The van der Waals surface area contributed by atoms with Crippen molar-refractivity contribution in [3.05, 3.63) is 272 Å². The molecule has 0 atom stereocenters. The van der Waals surface area contributed by atoms with E-state index in [1.54, 1.807) is 0 Å². The third kappa shape index (κ3) is 7.11. The van der Waals surface area contributed by atoms with Crippen LogP contribution in [0, 0.1) is 22.7 Å². The van der Waals surface area contributed by atoms with E-state index in [4.69, 9.17) is 0 Å². The van der Waals surface area contributed by atoms with E-state index in [1.165, 1.54) is 10.8 Å². The molecule has 0 unspecified atom stereocenters. The monoisotopic (exact) mass is 957 g/mol. The highest BCUT2D eigenvalue weighted by Crippen LogP contribution is 2.45. The number of rotatable bonds is 9. The van der Waals surface area contributed by atoms with Gasteiger partial charge >= 0.3 is 0 Å². The number of hydrogen-bond acceptors (Lipinski definition) is 4. The van der Waals surface area contributed by atoms with Gasteiger partial charge in [-0.1, -0.05) is 91.0 Å². The van der Waals surface area contributed by atoms with Gasteiger partial charge in [-0.25, -0.2) is 0 Å². The van der Waals surface area contributed by atoms with Crippen LogP contribution in [0.5, 0.6) is 0 Å². The summed E-state index contributed by atoms with van der Waals surface area (Å²) in [4.78, 5) is 4.60. The predicted molar refractivity (Wildman–Crippen MR) is 308 cm³/mol. The summed E-state index contributed by atoms with van der Waals surface area (Å²) in [5.74, 6) is 0. The molecular formula is C68H43N7. The lowest BCUT2D eigenvalue weighted by Crippen LogP contribution is -2.10. The molecule has 75 heavy (non-hydrogen) atoms. The molecule has 0 fully saturated rings. The molecule has 0 spiro atoms. The Morgan fingerprint density at radius 3 is 0.800 bits per heavy atom. The zero-order valence-corrected chi connectivity index (χ0v) is 40.5. The fraction of sp³-hybridized carbons (Fsp3) is 0. The van der Waals surface area contributed by atoms with E-state index in [0.717, 1.165) is 106 Å². The Bertz CT molecular complexity index is 4320. The second-order valence-electron chi connectivity index (χ2n) is 18.8. The molecular weight excluding hydrogens is 915 g/mol. The number of benzene rings is 11. The molecule has 7 nitrogen and oxygen atoms in total. The molecule has 3 aromatic heterocycles. The van der Waals surface area contributed by atoms with Crippen LogP contribution >= 0.6 is 0 Å². The highest BCUT2D eigenvalue weighted by Gasteiger charge is 2.23. The van der Waals surface area contributed by atoms with Gasteiger partial charge in [-0.05, 0) is 170 Å². The van der Waals surface area contributed by atoms with Crippen molar-refractivity contribution in [2.45, 2.75) is 0 Å². The van der Waals surface area contributed by atoms with E-state index in [1.807, 2.05) is 48.5 Å². The number of aromatic nitrogens is 3. The van der Waals surface area contributed by atoms with Gasteiger partial charge in [0.15, 0.2) is 0 Å². The van der Waals surface area contributed by atoms with Crippen LogP contribution in [-0.2, 0) is 0 Å². The maximum Gasteiger partial charge on any atom is 0.0991 e. The van der Waals surface area contributed by atoms with Crippen LogP contribution in [0.3, 0.4) is 0 Å².